The normalized spacial score (nSPS) is 14.3. The highest BCUT2D eigenvalue weighted by Gasteiger charge is 2.28. The highest BCUT2D eigenvalue weighted by Crippen LogP contribution is 2.27. The van der Waals surface area contributed by atoms with Crippen molar-refractivity contribution >= 4 is 11.9 Å². The Morgan fingerprint density at radius 2 is 1.68 bits per heavy atom. The van der Waals surface area contributed by atoms with Crippen molar-refractivity contribution in [1.29, 1.82) is 0 Å². The second-order valence-corrected chi connectivity index (χ2v) is 7.48. The Balaban J connectivity index is 1.64. The first-order chi connectivity index (χ1) is 15.1. The highest BCUT2D eigenvalue weighted by atomic mass is 16.5. The monoisotopic (exact) mass is 419 g/mol. The summed E-state index contributed by atoms with van der Waals surface area (Å²) < 4.78 is 12.4. The molecular weight excluding hydrogens is 394 g/mol. The van der Waals surface area contributed by atoms with Gasteiger partial charge in [-0.15, -0.1) is 0 Å². The summed E-state index contributed by atoms with van der Waals surface area (Å²) in [5, 5.41) is 4.64. The highest BCUT2D eigenvalue weighted by molar-refractivity contribution is 5.97. The Labute approximate surface area is 181 Å². The fourth-order valence-electron chi connectivity index (χ4n) is 3.67. The molecule has 7 heteroatoms. The number of likely N-dealkylation sites (tertiary alicyclic amines) is 1. The maximum absolute atomic E-state index is 13.1. The lowest BCUT2D eigenvalue weighted by atomic mass is 10.1. The van der Waals surface area contributed by atoms with Gasteiger partial charge in [-0.1, -0.05) is 18.2 Å². The number of esters is 1. The number of benzene rings is 2. The van der Waals surface area contributed by atoms with E-state index in [1.807, 2.05) is 54.6 Å². The van der Waals surface area contributed by atoms with Crippen LogP contribution in [0.5, 0.6) is 5.75 Å². The van der Waals surface area contributed by atoms with E-state index in [0.717, 1.165) is 24.1 Å². The van der Waals surface area contributed by atoms with Crippen LogP contribution >= 0.6 is 0 Å². The molecule has 31 heavy (non-hydrogen) atoms. The van der Waals surface area contributed by atoms with E-state index in [0.29, 0.717) is 30.1 Å². The molecule has 1 aromatic heterocycles. The molecule has 1 aliphatic heterocycles. The Kier molecular flexibility index (Phi) is 6.02. The lowest BCUT2D eigenvalue weighted by Crippen LogP contribution is -2.38. The zero-order chi connectivity index (χ0) is 21.8. The molecule has 2 aromatic carbocycles. The quantitative estimate of drug-likeness (QED) is 0.570. The largest absolute Gasteiger partial charge is 0.497 e. The van der Waals surface area contributed by atoms with E-state index in [1.54, 1.807) is 29.8 Å². The van der Waals surface area contributed by atoms with Gasteiger partial charge in [-0.2, -0.15) is 5.10 Å². The SMILES string of the molecule is COc1ccc(-c2nn(-c3ccccc3)cc2C(=O)O[C@H](C)C(=O)N2CCCC2)cc1. The standard InChI is InChI=1S/C24H25N3O4/c1-17(23(28)26-14-6-7-15-26)31-24(29)21-16-27(19-8-4-3-5-9-19)25-22(21)18-10-12-20(30-2)13-11-18/h3-5,8-13,16-17H,6-7,14-15H2,1-2H3/t17-/m1/s1. The van der Waals surface area contributed by atoms with Gasteiger partial charge in [-0.05, 0) is 56.2 Å². The van der Waals surface area contributed by atoms with E-state index in [2.05, 4.69) is 5.10 Å². The third kappa shape index (κ3) is 4.45. The summed E-state index contributed by atoms with van der Waals surface area (Å²) in [4.78, 5) is 27.4. The van der Waals surface area contributed by atoms with Crippen LogP contribution < -0.4 is 4.74 Å². The second kappa shape index (κ2) is 9.04. The number of para-hydroxylation sites is 1. The number of amides is 1. The van der Waals surface area contributed by atoms with E-state index in [9.17, 15) is 9.59 Å². The van der Waals surface area contributed by atoms with Gasteiger partial charge in [0, 0.05) is 24.8 Å². The summed E-state index contributed by atoms with van der Waals surface area (Å²) in [6.07, 6.45) is 2.76. The first-order valence-corrected chi connectivity index (χ1v) is 10.4. The van der Waals surface area contributed by atoms with Crippen molar-refractivity contribution in [2.24, 2.45) is 0 Å². The predicted molar refractivity (Wildman–Crippen MR) is 116 cm³/mol. The van der Waals surface area contributed by atoms with Crippen LogP contribution in [0.1, 0.15) is 30.1 Å². The summed E-state index contributed by atoms with van der Waals surface area (Å²) in [6, 6.07) is 16.8. The molecule has 4 rings (SSSR count). The van der Waals surface area contributed by atoms with E-state index in [4.69, 9.17) is 9.47 Å². The number of rotatable bonds is 6. The van der Waals surface area contributed by atoms with Crippen molar-refractivity contribution in [2.75, 3.05) is 20.2 Å². The van der Waals surface area contributed by atoms with Gasteiger partial charge in [-0.25, -0.2) is 9.48 Å². The number of hydrogen-bond acceptors (Lipinski definition) is 5. The van der Waals surface area contributed by atoms with Crippen molar-refractivity contribution < 1.29 is 19.1 Å². The maximum Gasteiger partial charge on any atom is 0.342 e. The molecule has 0 aliphatic carbocycles. The van der Waals surface area contributed by atoms with Gasteiger partial charge < -0.3 is 14.4 Å². The molecule has 3 aromatic rings. The molecule has 1 saturated heterocycles. The average molecular weight is 419 g/mol. The molecule has 1 atom stereocenters. The number of methoxy groups -OCH3 is 1. The molecule has 0 spiro atoms. The van der Waals surface area contributed by atoms with Crippen molar-refractivity contribution in [3.05, 3.63) is 66.4 Å². The third-order valence-corrected chi connectivity index (χ3v) is 5.37. The Bertz CT molecular complexity index is 1050. The number of hydrogen-bond donors (Lipinski definition) is 0. The molecule has 0 unspecified atom stereocenters. The molecule has 0 radical (unpaired) electrons. The summed E-state index contributed by atoms with van der Waals surface area (Å²) in [6.45, 7) is 3.04. The number of carbonyl (C=O) groups excluding carboxylic acids is 2. The second-order valence-electron chi connectivity index (χ2n) is 7.48. The van der Waals surface area contributed by atoms with Crippen LogP contribution in [-0.2, 0) is 9.53 Å². The lowest BCUT2D eigenvalue weighted by molar-refractivity contribution is -0.138. The zero-order valence-electron chi connectivity index (χ0n) is 17.7. The van der Waals surface area contributed by atoms with Crippen LogP contribution in [-0.4, -0.2) is 52.9 Å². The van der Waals surface area contributed by atoms with Gasteiger partial charge >= 0.3 is 5.97 Å². The molecule has 1 aliphatic rings. The first-order valence-electron chi connectivity index (χ1n) is 10.4. The number of aromatic nitrogens is 2. The molecule has 1 fully saturated rings. The maximum atomic E-state index is 13.1. The smallest absolute Gasteiger partial charge is 0.342 e. The minimum atomic E-state index is -0.852. The Morgan fingerprint density at radius 3 is 2.32 bits per heavy atom. The summed E-state index contributed by atoms with van der Waals surface area (Å²) in [5.74, 6) is -0.0273. The molecule has 1 amide bonds. The molecular formula is C24H25N3O4. The van der Waals surface area contributed by atoms with Crippen LogP contribution in [0.2, 0.25) is 0 Å². The van der Waals surface area contributed by atoms with Crippen LogP contribution in [0, 0.1) is 0 Å². The average Bonchev–Trinajstić information content (AvgIpc) is 3.50. The van der Waals surface area contributed by atoms with E-state index in [1.165, 1.54) is 0 Å². The summed E-state index contributed by atoms with van der Waals surface area (Å²) >= 11 is 0. The van der Waals surface area contributed by atoms with Crippen molar-refractivity contribution in [2.45, 2.75) is 25.9 Å². The van der Waals surface area contributed by atoms with Crippen molar-refractivity contribution in [1.82, 2.24) is 14.7 Å². The van der Waals surface area contributed by atoms with Gasteiger partial charge in [0.2, 0.25) is 0 Å². The van der Waals surface area contributed by atoms with Crippen molar-refractivity contribution in [3.63, 3.8) is 0 Å². The van der Waals surface area contributed by atoms with E-state index in [-0.39, 0.29) is 5.91 Å². The fraction of sp³-hybridized carbons (Fsp3) is 0.292. The van der Waals surface area contributed by atoms with Crippen LogP contribution in [0.3, 0.4) is 0 Å². The van der Waals surface area contributed by atoms with Crippen LogP contribution in [0.15, 0.2) is 60.8 Å². The molecule has 0 N–H and O–H groups in total. The summed E-state index contributed by atoms with van der Waals surface area (Å²) in [5.41, 5.74) is 2.35. The number of ether oxygens (including phenoxy) is 2. The number of carbonyl (C=O) groups is 2. The molecule has 2 heterocycles. The van der Waals surface area contributed by atoms with E-state index >= 15 is 0 Å². The van der Waals surface area contributed by atoms with E-state index < -0.39 is 12.1 Å². The number of nitrogens with zero attached hydrogens (tertiary/aromatic N) is 3. The van der Waals surface area contributed by atoms with Crippen molar-refractivity contribution in [3.8, 4) is 22.7 Å². The van der Waals surface area contributed by atoms with Crippen LogP contribution in [0.4, 0.5) is 0 Å². The topological polar surface area (TPSA) is 73.7 Å². The van der Waals surface area contributed by atoms with Gasteiger partial charge in [0.1, 0.15) is 17.0 Å². The molecule has 0 bridgehead atoms. The molecule has 160 valence electrons. The zero-order valence-corrected chi connectivity index (χ0v) is 17.7. The molecule has 7 nitrogen and oxygen atoms in total. The predicted octanol–water partition coefficient (Wildman–Crippen LogP) is 3.72. The lowest BCUT2D eigenvalue weighted by Gasteiger charge is -2.20. The first kappa shape index (κ1) is 20.7. The Morgan fingerprint density at radius 1 is 1.00 bits per heavy atom. The molecule has 0 saturated carbocycles. The van der Waals surface area contributed by atoms with Gasteiger partial charge in [0.05, 0.1) is 12.8 Å². The minimum Gasteiger partial charge on any atom is -0.497 e. The van der Waals surface area contributed by atoms with Gasteiger partial charge in [0.25, 0.3) is 5.91 Å². The van der Waals surface area contributed by atoms with Crippen LogP contribution in [0.25, 0.3) is 16.9 Å². The summed E-state index contributed by atoms with van der Waals surface area (Å²) in [7, 11) is 1.60. The minimum absolute atomic E-state index is 0.160. The third-order valence-electron chi connectivity index (χ3n) is 5.37. The fourth-order valence-corrected chi connectivity index (χ4v) is 3.67. The van der Waals surface area contributed by atoms with Gasteiger partial charge in [-0.3, -0.25) is 4.79 Å². The Hall–Kier alpha value is -3.61. The van der Waals surface area contributed by atoms with Gasteiger partial charge in [0.15, 0.2) is 6.10 Å².